The smallest absolute Gasteiger partial charge is 0.262 e. The standard InChI is InChI=1S/C18H19ClN2O5S/c1-10-5-12(10)15-4-3-11(26-15)8-21(2)27(23,24)17-7-16-14(6-13(17)19)20-18(22)9-25-16/h3-4,6-7,10,12H,5,8-9H2,1-2H3,(H,20,22)/t10-,12-/m1/s1. The van der Waals surface area contributed by atoms with E-state index in [9.17, 15) is 13.2 Å². The zero-order valence-electron chi connectivity index (χ0n) is 14.9. The Morgan fingerprint density at radius 1 is 1.33 bits per heavy atom. The maximum Gasteiger partial charge on any atom is 0.262 e. The number of carbonyl (C=O) groups excluding carboxylic acids is 1. The third kappa shape index (κ3) is 3.44. The first-order valence-corrected chi connectivity index (χ1v) is 10.4. The van der Waals surface area contributed by atoms with Crippen LogP contribution in [0.3, 0.4) is 0 Å². The maximum atomic E-state index is 13.0. The van der Waals surface area contributed by atoms with E-state index in [0.717, 1.165) is 12.2 Å². The van der Waals surface area contributed by atoms with Gasteiger partial charge >= 0.3 is 0 Å². The van der Waals surface area contributed by atoms with Crippen LogP contribution < -0.4 is 10.1 Å². The molecule has 9 heteroatoms. The minimum atomic E-state index is -3.87. The lowest BCUT2D eigenvalue weighted by Gasteiger charge is -2.21. The molecule has 1 amide bonds. The number of hydrogen-bond acceptors (Lipinski definition) is 5. The number of anilines is 1. The molecule has 2 heterocycles. The number of fused-ring (bicyclic) bond motifs is 1. The Bertz CT molecular complexity index is 1020. The summed E-state index contributed by atoms with van der Waals surface area (Å²) >= 11 is 6.17. The van der Waals surface area contributed by atoms with Gasteiger partial charge in [0.25, 0.3) is 5.91 Å². The largest absolute Gasteiger partial charge is 0.482 e. The summed E-state index contributed by atoms with van der Waals surface area (Å²) in [5.41, 5.74) is 0.354. The van der Waals surface area contributed by atoms with Gasteiger partial charge in [0.15, 0.2) is 6.61 Å². The molecule has 144 valence electrons. The summed E-state index contributed by atoms with van der Waals surface area (Å²) in [4.78, 5) is 11.3. The van der Waals surface area contributed by atoms with Crippen LogP contribution in [0.1, 0.15) is 30.8 Å². The SMILES string of the molecule is C[C@@H]1C[C@H]1c1ccc(CN(C)S(=O)(=O)c2cc3c(cc2Cl)NC(=O)CO3)o1. The van der Waals surface area contributed by atoms with Crippen molar-refractivity contribution in [1.29, 1.82) is 0 Å². The fourth-order valence-electron chi connectivity index (χ4n) is 3.15. The van der Waals surface area contributed by atoms with Crippen LogP contribution in [0.2, 0.25) is 5.02 Å². The highest BCUT2D eigenvalue weighted by Gasteiger charge is 2.37. The molecule has 2 atom stereocenters. The fourth-order valence-corrected chi connectivity index (χ4v) is 4.80. The number of nitrogens with one attached hydrogen (secondary N) is 1. The Morgan fingerprint density at radius 2 is 2.07 bits per heavy atom. The van der Waals surface area contributed by atoms with E-state index >= 15 is 0 Å². The molecule has 1 aromatic carbocycles. The Morgan fingerprint density at radius 3 is 2.78 bits per heavy atom. The minimum Gasteiger partial charge on any atom is -0.482 e. The molecule has 1 aromatic heterocycles. The van der Waals surface area contributed by atoms with E-state index in [1.807, 2.05) is 6.07 Å². The Labute approximate surface area is 162 Å². The number of carbonyl (C=O) groups is 1. The molecule has 7 nitrogen and oxygen atoms in total. The Kier molecular flexibility index (Phi) is 4.44. The van der Waals surface area contributed by atoms with Crippen molar-refractivity contribution in [2.75, 3.05) is 19.0 Å². The number of halogens is 1. The molecule has 0 spiro atoms. The third-order valence-corrected chi connectivity index (χ3v) is 7.16. The molecule has 2 aliphatic rings. The summed E-state index contributed by atoms with van der Waals surface area (Å²) in [7, 11) is -2.40. The van der Waals surface area contributed by atoms with E-state index in [1.54, 1.807) is 6.07 Å². The van der Waals surface area contributed by atoms with Crippen LogP contribution in [0.4, 0.5) is 5.69 Å². The molecule has 1 fully saturated rings. The lowest BCUT2D eigenvalue weighted by atomic mass is 10.2. The predicted octanol–water partition coefficient (Wildman–Crippen LogP) is 3.21. The molecule has 1 aliphatic carbocycles. The van der Waals surface area contributed by atoms with Crippen molar-refractivity contribution >= 4 is 33.2 Å². The van der Waals surface area contributed by atoms with Gasteiger partial charge < -0.3 is 14.5 Å². The Hall–Kier alpha value is -2.03. The average Bonchev–Trinajstić information content (AvgIpc) is 3.15. The first-order valence-electron chi connectivity index (χ1n) is 8.57. The van der Waals surface area contributed by atoms with Crippen molar-refractivity contribution in [2.45, 2.75) is 30.7 Å². The Balaban J connectivity index is 1.57. The van der Waals surface area contributed by atoms with Gasteiger partial charge in [-0.1, -0.05) is 18.5 Å². The number of rotatable bonds is 5. The number of amides is 1. The second-order valence-corrected chi connectivity index (χ2v) is 9.42. The summed E-state index contributed by atoms with van der Waals surface area (Å²) in [6, 6.07) is 6.43. The second kappa shape index (κ2) is 6.54. The predicted molar refractivity (Wildman–Crippen MR) is 99.5 cm³/mol. The molecule has 27 heavy (non-hydrogen) atoms. The summed E-state index contributed by atoms with van der Waals surface area (Å²) in [6.07, 6.45) is 1.10. The molecular formula is C18H19ClN2O5S. The van der Waals surface area contributed by atoms with Crippen LogP contribution in [-0.4, -0.2) is 32.3 Å². The highest BCUT2D eigenvalue weighted by molar-refractivity contribution is 7.89. The van der Waals surface area contributed by atoms with E-state index < -0.39 is 10.0 Å². The summed E-state index contributed by atoms with van der Waals surface area (Å²) < 4.78 is 38.2. The van der Waals surface area contributed by atoms with Crippen LogP contribution in [0.15, 0.2) is 33.6 Å². The average molecular weight is 411 g/mol. The van der Waals surface area contributed by atoms with Gasteiger partial charge in [-0.2, -0.15) is 4.31 Å². The molecule has 0 radical (unpaired) electrons. The molecule has 4 rings (SSSR count). The first kappa shape index (κ1) is 18.3. The lowest BCUT2D eigenvalue weighted by Crippen LogP contribution is -2.28. The van der Waals surface area contributed by atoms with Crippen molar-refractivity contribution in [3.05, 3.63) is 40.8 Å². The van der Waals surface area contributed by atoms with Gasteiger partial charge in [0.05, 0.1) is 17.3 Å². The number of ether oxygens (including phenoxy) is 1. The number of sulfonamides is 1. The summed E-state index contributed by atoms with van der Waals surface area (Å²) in [6.45, 7) is 2.08. The summed E-state index contributed by atoms with van der Waals surface area (Å²) in [5.74, 6) is 2.48. The van der Waals surface area contributed by atoms with E-state index in [-0.39, 0.29) is 34.7 Å². The normalized spacial score (nSPS) is 21.6. The topological polar surface area (TPSA) is 88.9 Å². The third-order valence-electron chi connectivity index (χ3n) is 4.89. The van der Waals surface area contributed by atoms with Gasteiger partial charge in [0.1, 0.15) is 22.2 Å². The zero-order chi connectivity index (χ0) is 19.3. The van der Waals surface area contributed by atoms with Crippen molar-refractivity contribution in [1.82, 2.24) is 4.31 Å². The molecule has 0 bridgehead atoms. The van der Waals surface area contributed by atoms with Crippen molar-refractivity contribution in [2.24, 2.45) is 5.92 Å². The molecule has 0 unspecified atom stereocenters. The monoisotopic (exact) mass is 410 g/mol. The van der Waals surface area contributed by atoms with E-state index in [0.29, 0.717) is 23.3 Å². The van der Waals surface area contributed by atoms with Gasteiger partial charge in [-0.05, 0) is 30.5 Å². The molecule has 1 saturated carbocycles. The summed E-state index contributed by atoms with van der Waals surface area (Å²) in [5, 5.41) is 2.61. The fraction of sp³-hybridized carbons (Fsp3) is 0.389. The highest BCUT2D eigenvalue weighted by Crippen LogP contribution is 2.47. The number of furan rings is 1. The highest BCUT2D eigenvalue weighted by atomic mass is 35.5. The van der Waals surface area contributed by atoms with Crippen LogP contribution in [0.5, 0.6) is 5.75 Å². The first-order chi connectivity index (χ1) is 12.8. The van der Waals surface area contributed by atoms with Crippen LogP contribution >= 0.6 is 11.6 Å². The van der Waals surface area contributed by atoms with Crippen molar-refractivity contribution < 1.29 is 22.4 Å². The van der Waals surface area contributed by atoms with Gasteiger partial charge in [0.2, 0.25) is 10.0 Å². The van der Waals surface area contributed by atoms with Gasteiger partial charge in [0, 0.05) is 19.0 Å². The van der Waals surface area contributed by atoms with E-state index in [2.05, 4.69) is 12.2 Å². The van der Waals surface area contributed by atoms with Crippen LogP contribution in [0.25, 0.3) is 0 Å². The minimum absolute atomic E-state index is 0.0124. The number of benzene rings is 1. The molecule has 2 aromatic rings. The second-order valence-electron chi connectivity index (χ2n) is 7.00. The molecule has 1 N–H and O–H groups in total. The van der Waals surface area contributed by atoms with Crippen molar-refractivity contribution in [3.63, 3.8) is 0 Å². The van der Waals surface area contributed by atoms with Gasteiger partial charge in [-0.25, -0.2) is 8.42 Å². The van der Waals surface area contributed by atoms with Crippen LogP contribution in [0, 0.1) is 5.92 Å². The number of nitrogens with zero attached hydrogens (tertiary/aromatic N) is 1. The van der Waals surface area contributed by atoms with E-state index in [4.69, 9.17) is 20.8 Å². The molecular weight excluding hydrogens is 392 g/mol. The van der Waals surface area contributed by atoms with E-state index in [1.165, 1.54) is 23.5 Å². The van der Waals surface area contributed by atoms with Crippen molar-refractivity contribution in [3.8, 4) is 5.75 Å². The molecule has 1 aliphatic heterocycles. The maximum absolute atomic E-state index is 13.0. The van der Waals surface area contributed by atoms with Gasteiger partial charge in [-0.3, -0.25) is 4.79 Å². The lowest BCUT2D eigenvalue weighted by molar-refractivity contribution is -0.118. The van der Waals surface area contributed by atoms with Crippen LogP contribution in [-0.2, 0) is 21.4 Å². The number of hydrogen-bond donors (Lipinski definition) is 1. The molecule has 0 saturated heterocycles. The van der Waals surface area contributed by atoms with Gasteiger partial charge in [-0.15, -0.1) is 0 Å². The zero-order valence-corrected chi connectivity index (χ0v) is 16.4. The quantitative estimate of drug-likeness (QED) is 0.817.